The summed E-state index contributed by atoms with van der Waals surface area (Å²) in [5, 5.41) is 14.8. The highest BCUT2D eigenvalue weighted by Crippen LogP contribution is 2.29. The van der Waals surface area contributed by atoms with Gasteiger partial charge in [-0.2, -0.15) is 5.10 Å². The molecule has 0 radical (unpaired) electrons. The molecule has 0 saturated heterocycles. The van der Waals surface area contributed by atoms with Crippen LogP contribution in [0.3, 0.4) is 0 Å². The van der Waals surface area contributed by atoms with E-state index in [1.165, 1.54) is 0 Å². The Kier molecular flexibility index (Phi) is 3.05. The predicted octanol–water partition coefficient (Wildman–Crippen LogP) is 3.43. The van der Waals surface area contributed by atoms with Crippen molar-refractivity contribution < 1.29 is 13.9 Å². The Morgan fingerprint density at radius 3 is 2.68 bits per heavy atom. The summed E-state index contributed by atoms with van der Waals surface area (Å²) >= 11 is 0. The summed E-state index contributed by atoms with van der Waals surface area (Å²) < 4.78 is 12.9. The largest absolute Gasteiger partial charge is 0.467 e. The molecule has 3 aromatic heterocycles. The summed E-state index contributed by atoms with van der Waals surface area (Å²) in [6, 6.07) is 15.4. The molecule has 5 nitrogen and oxygen atoms in total. The van der Waals surface area contributed by atoms with Crippen molar-refractivity contribution in [1.29, 1.82) is 0 Å². The van der Waals surface area contributed by atoms with Gasteiger partial charge in [-0.15, -0.1) is 0 Å². The Labute approximate surface area is 126 Å². The van der Waals surface area contributed by atoms with Gasteiger partial charge in [0.1, 0.15) is 23.8 Å². The molecule has 0 aliphatic carbocycles. The fourth-order valence-electron chi connectivity index (χ4n) is 2.57. The maximum Gasteiger partial charge on any atom is 0.155 e. The topological polar surface area (TPSA) is 64.3 Å². The lowest BCUT2D eigenvalue weighted by Gasteiger charge is -1.99. The Hall–Kier alpha value is -2.79. The zero-order chi connectivity index (χ0) is 14.9. The van der Waals surface area contributed by atoms with Gasteiger partial charge in [0.25, 0.3) is 0 Å². The Bertz CT molecular complexity index is 903. The molecule has 4 aromatic rings. The second-order valence-corrected chi connectivity index (χ2v) is 5.03. The smallest absolute Gasteiger partial charge is 0.155 e. The van der Waals surface area contributed by atoms with Crippen LogP contribution in [0, 0.1) is 0 Å². The lowest BCUT2D eigenvalue weighted by Crippen LogP contribution is -2.00. The molecule has 3 heterocycles. The number of benzene rings is 1. The van der Waals surface area contributed by atoms with Crippen LogP contribution in [-0.2, 0) is 13.2 Å². The molecule has 0 spiro atoms. The third-order valence-electron chi connectivity index (χ3n) is 3.59. The van der Waals surface area contributed by atoms with E-state index in [0.717, 1.165) is 22.4 Å². The van der Waals surface area contributed by atoms with Gasteiger partial charge in [0.15, 0.2) is 5.76 Å². The first-order chi connectivity index (χ1) is 10.8. The van der Waals surface area contributed by atoms with Crippen molar-refractivity contribution >= 4 is 10.9 Å². The summed E-state index contributed by atoms with van der Waals surface area (Å²) in [6.45, 7) is 0.437. The number of hydrogen-bond donors (Lipinski definition) is 1. The highest BCUT2D eigenvalue weighted by Gasteiger charge is 2.15. The van der Waals surface area contributed by atoms with Gasteiger partial charge in [-0.05, 0) is 30.3 Å². The number of rotatable bonds is 4. The van der Waals surface area contributed by atoms with E-state index in [4.69, 9.17) is 13.9 Å². The number of para-hydroxylation sites is 1. The van der Waals surface area contributed by atoms with E-state index in [-0.39, 0.29) is 6.61 Å². The van der Waals surface area contributed by atoms with Gasteiger partial charge in [-0.25, -0.2) is 0 Å². The molecule has 0 fully saturated rings. The van der Waals surface area contributed by atoms with Crippen molar-refractivity contribution in [3.05, 3.63) is 66.3 Å². The molecule has 110 valence electrons. The van der Waals surface area contributed by atoms with Crippen LogP contribution in [-0.4, -0.2) is 14.9 Å². The van der Waals surface area contributed by atoms with Crippen LogP contribution in [0.15, 0.2) is 63.6 Å². The number of aromatic nitrogens is 2. The van der Waals surface area contributed by atoms with Gasteiger partial charge in [0.2, 0.25) is 0 Å². The SMILES string of the molecule is OCc1ccc(-c2nn(Cc3ccco3)c3ccccc23)o1. The molecule has 0 saturated carbocycles. The Balaban J connectivity index is 1.85. The molecule has 1 N–H and O–H groups in total. The van der Waals surface area contributed by atoms with Crippen LogP contribution >= 0.6 is 0 Å². The second kappa shape index (κ2) is 5.20. The van der Waals surface area contributed by atoms with E-state index >= 15 is 0 Å². The number of nitrogens with zero attached hydrogens (tertiary/aromatic N) is 2. The van der Waals surface area contributed by atoms with E-state index in [1.807, 2.05) is 47.1 Å². The molecular formula is C17H14N2O3. The van der Waals surface area contributed by atoms with Crippen molar-refractivity contribution in [2.75, 3.05) is 0 Å². The monoisotopic (exact) mass is 294 g/mol. The molecule has 5 heteroatoms. The minimum atomic E-state index is -0.120. The van der Waals surface area contributed by atoms with E-state index in [0.29, 0.717) is 18.1 Å². The number of aliphatic hydroxyl groups is 1. The molecule has 0 atom stereocenters. The quantitative estimate of drug-likeness (QED) is 0.626. The van der Waals surface area contributed by atoms with Crippen LogP contribution in [0.2, 0.25) is 0 Å². The Morgan fingerprint density at radius 1 is 1.00 bits per heavy atom. The van der Waals surface area contributed by atoms with Gasteiger partial charge in [0, 0.05) is 5.39 Å². The van der Waals surface area contributed by atoms with Gasteiger partial charge in [-0.1, -0.05) is 18.2 Å². The fraction of sp³-hybridized carbons (Fsp3) is 0.118. The first kappa shape index (κ1) is 12.9. The zero-order valence-electron chi connectivity index (χ0n) is 11.8. The minimum absolute atomic E-state index is 0.120. The number of aliphatic hydroxyl groups excluding tert-OH is 1. The van der Waals surface area contributed by atoms with Crippen LogP contribution in [0.4, 0.5) is 0 Å². The predicted molar refractivity (Wildman–Crippen MR) is 81.2 cm³/mol. The lowest BCUT2D eigenvalue weighted by molar-refractivity contribution is 0.248. The number of fused-ring (bicyclic) bond motifs is 1. The van der Waals surface area contributed by atoms with Crippen molar-refractivity contribution in [1.82, 2.24) is 9.78 Å². The van der Waals surface area contributed by atoms with Crippen LogP contribution < -0.4 is 0 Å². The zero-order valence-corrected chi connectivity index (χ0v) is 11.8. The molecule has 0 bridgehead atoms. The summed E-state index contributed by atoms with van der Waals surface area (Å²) in [7, 11) is 0. The summed E-state index contributed by atoms with van der Waals surface area (Å²) in [5.74, 6) is 2.02. The maximum absolute atomic E-state index is 9.16. The summed E-state index contributed by atoms with van der Waals surface area (Å²) in [6.07, 6.45) is 1.65. The molecule has 22 heavy (non-hydrogen) atoms. The van der Waals surface area contributed by atoms with E-state index in [9.17, 15) is 0 Å². The molecule has 0 amide bonds. The fourth-order valence-corrected chi connectivity index (χ4v) is 2.57. The number of furan rings is 2. The van der Waals surface area contributed by atoms with Gasteiger partial charge >= 0.3 is 0 Å². The minimum Gasteiger partial charge on any atom is -0.467 e. The van der Waals surface area contributed by atoms with E-state index in [2.05, 4.69) is 5.10 Å². The standard InChI is InChI=1S/C17H14N2O3/c20-11-13-7-8-16(22-13)17-14-5-1-2-6-15(14)19(18-17)10-12-4-3-9-21-12/h1-9,20H,10-11H2. The van der Waals surface area contributed by atoms with E-state index in [1.54, 1.807) is 12.3 Å². The lowest BCUT2D eigenvalue weighted by atomic mass is 10.2. The van der Waals surface area contributed by atoms with E-state index < -0.39 is 0 Å². The van der Waals surface area contributed by atoms with Gasteiger partial charge in [0.05, 0.1) is 18.3 Å². The van der Waals surface area contributed by atoms with Crippen LogP contribution in [0.5, 0.6) is 0 Å². The van der Waals surface area contributed by atoms with Gasteiger partial charge < -0.3 is 13.9 Å². The van der Waals surface area contributed by atoms with Gasteiger partial charge in [-0.3, -0.25) is 4.68 Å². The van der Waals surface area contributed by atoms with Crippen molar-refractivity contribution in [2.24, 2.45) is 0 Å². The third-order valence-corrected chi connectivity index (χ3v) is 3.59. The Morgan fingerprint density at radius 2 is 1.91 bits per heavy atom. The average Bonchev–Trinajstić information content (AvgIpc) is 3.27. The molecular weight excluding hydrogens is 280 g/mol. The average molecular weight is 294 g/mol. The molecule has 0 aliphatic rings. The summed E-state index contributed by atoms with van der Waals surface area (Å²) in [5.41, 5.74) is 1.78. The summed E-state index contributed by atoms with van der Waals surface area (Å²) in [4.78, 5) is 0. The van der Waals surface area contributed by atoms with Crippen molar-refractivity contribution in [2.45, 2.75) is 13.2 Å². The molecule has 0 aliphatic heterocycles. The third kappa shape index (κ3) is 2.12. The van der Waals surface area contributed by atoms with Crippen LogP contribution in [0.25, 0.3) is 22.4 Å². The highest BCUT2D eigenvalue weighted by atomic mass is 16.4. The molecule has 4 rings (SSSR count). The molecule has 1 aromatic carbocycles. The number of hydrogen-bond acceptors (Lipinski definition) is 4. The second-order valence-electron chi connectivity index (χ2n) is 5.03. The molecule has 0 unspecified atom stereocenters. The first-order valence-corrected chi connectivity index (χ1v) is 7.03. The first-order valence-electron chi connectivity index (χ1n) is 7.03. The highest BCUT2D eigenvalue weighted by molar-refractivity contribution is 5.92. The van der Waals surface area contributed by atoms with Crippen molar-refractivity contribution in [3.8, 4) is 11.5 Å². The maximum atomic E-state index is 9.16. The van der Waals surface area contributed by atoms with Crippen LogP contribution in [0.1, 0.15) is 11.5 Å². The van der Waals surface area contributed by atoms with Crippen molar-refractivity contribution in [3.63, 3.8) is 0 Å². The normalized spacial score (nSPS) is 11.3.